The first-order chi connectivity index (χ1) is 15.6. The summed E-state index contributed by atoms with van der Waals surface area (Å²) >= 11 is 0. The lowest BCUT2D eigenvalue weighted by Gasteiger charge is -2.44. The maximum absolute atomic E-state index is 13.1. The molecule has 2 aliphatic heterocycles. The first-order valence-corrected chi connectivity index (χ1v) is 11.2. The van der Waals surface area contributed by atoms with E-state index in [2.05, 4.69) is 29.6 Å². The predicted octanol–water partition coefficient (Wildman–Crippen LogP) is 3.92. The van der Waals surface area contributed by atoms with Gasteiger partial charge in [0.2, 0.25) is 5.91 Å². The van der Waals surface area contributed by atoms with E-state index in [4.69, 9.17) is 0 Å². The molecule has 2 fully saturated rings. The van der Waals surface area contributed by atoms with Crippen LogP contribution in [0.1, 0.15) is 28.8 Å². The fraction of sp³-hybridized carbons (Fsp3) is 0.259. The van der Waals surface area contributed by atoms with E-state index >= 15 is 0 Å². The van der Waals surface area contributed by atoms with Gasteiger partial charge in [-0.3, -0.25) is 14.9 Å². The topological polar surface area (TPSA) is 52.7 Å². The maximum Gasteiger partial charge on any atom is 0.253 e. The summed E-state index contributed by atoms with van der Waals surface area (Å²) in [4.78, 5) is 29.6. The van der Waals surface area contributed by atoms with Gasteiger partial charge >= 0.3 is 0 Å². The normalized spacial score (nSPS) is 17.7. The first-order valence-electron chi connectivity index (χ1n) is 11.2. The van der Waals surface area contributed by atoms with Gasteiger partial charge in [0.15, 0.2) is 0 Å². The number of hydrogen-bond donors (Lipinski definition) is 1. The van der Waals surface area contributed by atoms with Crippen LogP contribution < -0.4 is 5.32 Å². The standard InChI is InChI=1S/C27H27N3O2/c31-25-19-28-27(30(25)20-21-7-3-1-4-8-21)15-17-29(18-16-27)26(32)24-13-11-23(12-14-24)22-9-5-2-6-10-22/h1-14,28H,15-20H2. The van der Waals surface area contributed by atoms with Gasteiger partial charge in [0, 0.05) is 38.0 Å². The summed E-state index contributed by atoms with van der Waals surface area (Å²) in [5.41, 5.74) is 3.71. The van der Waals surface area contributed by atoms with Crippen molar-refractivity contribution in [2.45, 2.75) is 25.0 Å². The average molecular weight is 426 g/mol. The molecule has 0 radical (unpaired) electrons. The zero-order chi connectivity index (χ0) is 22.0. The van der Waals surface area contributed by atoms with Gasteiger partial charge in [0.05, 0.1) is 12.2 Å². The second-order valence-corrected chi connectivity index (χ2v) is 8.59. The summed E-state index contributed by atoms with van der Waals surface area (Å²) in [5, 5.41) is 3.46. The molecule has 2 heterocycles. The molecule has 5 rings (SSSR count). The fourth-order valence-electron chi connectivity index (χ4n) is 4.82. The van der Waals surface area contributed by atoms with Gasteiger partial charge in [-0.25, -0.2) is 0 Å². The Bertz CT molecular complexity index is 1090. The molecule has 1 N–H and O–H groups in total. The lowest BCUT2D eigenvalue weighted by Crippen LogP contribution is -2.58. The zero-order valence-corrected chi connectivity index (χ0v) is 18.0. The molecule has 0 saturated carbocycles. The lowest BCUT2D eigenvalue weighted by molar-refractivity contribution is -0.132. The van der Waals surface area contributed by atoms with E-state index in [1.54, 1.807) is 0 Å². The molecule has 0 aliphatic carbocycles. The van der Waals surface area contributed by atoms with E-state index in [-0.39, 0.29) is 17.5 Å². The number of benzene rings is 3. The molecule has 32 heavy (non-hydrogen) atoms. The summed E-state index contributed by atoms with van der Waals surface area (Å²) in [6.07, 6.45) is 1.47. The van der Waals surface area contributed by atoms with Gasteiger partial charge < -0.3 is 9.80 Å². The molecule has 0 atom stereocenters. The molecule has 0 unspecified atom stereocenters. The van der Waals surface area contributed by atoms with Crippen LogP contribution in [0.15, 0.2) is 84.9 Å². The van der Waals surface area contributed by atoms with Gasteiger partial charge in [-0.1, -0.05) is 72.8 Å². The van der Waals surface area contributed by atoms with Crippen LogP contribution >= 0.6 is 0 Å². The van der Waals surface area contributed by atoms with E-state index in [1.165, 1.54) is 0 Å². The molecular weight excluding hydrogens is 398 g/mol. The second kappa shape index (κ2) is 8.60. The van der Waals surface area contributed by atoms with Crippen molar-refractivity contribution in [1.29, 1.82) is 0 Å². The van der Waals surface area contributed by atoms with Crippen molar-refractivity contribution in [3.63, 3.8) is 0 Å². The first kappa shape index (κ1) is 20.5. The number of rotatable bonds is 4. The quantitative estimate of drug-likeness (QED) is 0.689. The molecule has 0 bridgehead atoms. The summed E-state index contributed by atoms with van der Waals surface area (Å²) in [5.74, 6) is 0.184. The summed E-state index contributed by atoms with van der Waals surface area (Å²) in [7, 11) is 0. The summed E-state index contributed by atoms with van der Waals surface area (Å²) in [6, 6.07) is 28.1. The Labute approximate surface area is 188 Å². The minimum atomic E-state index is -0.360. The lowest BCUT2D eigenvalue weighted by atomic mass is 9.94. The molecule has 1 spiro atoms. The Morgan fingerprint density at radius 2 is 1.41 bits per heavy atom. The number of likely N-dealkylation sites (tertiary alicyclic amines) is 1. The Morgan fingerprint density at radius 1 is 0.812 bits per heavy atom. The highest BCUT2D eigenvalue weighted by Crippen LogP contribution is 2.32. The molecular formula is C27H27N3O2. The van der Waals surface area contributed by atoms with Crippen LogP contribution in [0.2, 0.25) is 0 Å². The van der Waals surface area contributed by atoms with Crippen LogP contribution in [0.3, 0.4) is 0 Å². The van der Waals surface area contributed by atoms with Gasteiger partial charge in [-0.2, -0.15) is 0 Å². The maximum atomic E-state index is 13.1. The van der Waals surface area contributed by atoms with Crippen molar-refractivity contribution in [1.82, 2.24) is 15.1 Å². The Morgan fingerprint density at radius 3 is 2.06 bits per heavy atom. The molecule has 162 valence electrons. The van der Waals surface area contributed by atoms with Crippen LogP contribution in [0.4, 0.5) is 0 Å². The predicted molar refractivity (Wildman–Crippen MR) is 125 cm³/mol. The highest BCUT2D eigenvalue weighted by atomic mass is 16.2. The van der Waals surface area contributed by atoms with E-state index in [0.29, 0.717) is 31.7 Å². The van der Waals surface area contributed by atoms with Crippen LogP contribution in [0, 0.1) is 0 Å². The largest absolute Gasteiger partial charge is 0.338 e. The van der Waals surface area contributed by atoms with Gasteiger partial charge in [0.1, 0.15) is 0 Å². The molecule has 2 saturated heterocycles. The smallest absolute Gasteiger partial charge is 0.253 e. The van der Waals surface area contributed by atoms with E-state index < -0.39 is 0 Å². The van der Waals surface area contributed by atoms with Crippen molar-refractivity contribution >= 4 is 11.8 Å². The SMILES string of the molecule is O=C(c1ccc(-c2ccccc2)cc1)N1CCC2(CC1)NCC(=O)N2Cc1ccccc1. The minimum Gasteiger partial charge on any atom is -0.338 e. The van der Waals surface area contributed by atoms with Crippen LogP contribution in [-0.2, 0) is 11.3 Å². The van der Waals surface area contributed by atoms with Crippen LogP contribution in [-0.4, -0.2) is 46.9 Å². The molecule has 3 aromatic rings. The fourth-order valence-corrected chi connectivity index (χ4v) is 4.82. The van der Waals surface area contributed by atoms with Crippen molar-refractivity contribution < 1.29 is 9.59 Å². The van der Waals surface area contributed by atoms with E-state index in [0.717, 1.165) is 29.5 Å². The van der Waals surface area contributed by atoms with Gasteiger partial charge in [0.25, 0.3) is 5.91 Å². The van der Waals surface area contributed by atoms with E-state index in [1.807, 2.05) is 70.5 Å². The molecule has 2 amide bonds. The monoisotopic (exact) mass is 425 g/mol. The van der Waals surface area contributed by atoms with Gasteiger partial charge in [-0.15, -0.1) is 0 Å². The Balaban J connectivity index is 1.26. The number of nitrogens with one attached hydrogen (secondary N) is 1. The van der Waals surface area contributed by atoms with Crippen molar-refractivity contribution in [3.8, 4) is 11.1 Å². The Hall–Kier alpha value is -3.44. The van der Waals surface area contributed by atoms with Gasteiger partial charge in [-0.05, 0) is 28.8 Å². The third-order valence-electron chi connectivity index (χ3n) is 6.69. The van der Waals surface area contributed by atoms with Crippen molar-refractivity contribution in [2.24, 2.45) is 0 Å². The number of carbonyl (C=O) groups excluding carboxylic acids is 2. The third kappa shape index (κ3) is 3.92. The highest BCUT2D eigenvalue weighted by Gasteiger charge is 2.47. The zero-order valence-electron chi connectivity index (χ0n) is 18.0. The average Bonchev–Trinajstić information content (AvgIpc) is 3.15. The number of piperidine rings is 1. The second-order valence-electron chi connectivity index (χ2n) is 8.59. The number of hydrogen-bond acceptors (Lipinski definition) is 3. The number of amides is 2. The molecule has 3 aromatic carbocycles. The number of nitrogens with zero attached hydrogens (tertiary/aromatic N) is 2. The molecule has 5 nitrogen and oxygen atoms in total. The summed E-state index contributed by atoms with van der Waals surface area (Å²) in [6.45, 7) is 2.22. The van der Waals surface area contributed by atoms with Crippen LogP contribution in [0.25, 0.3) is 11.1 Å². The third-order valence-corrected chi connectivity index (χ3v) is 6.69. The van der Waals surface area contributed by atoms with Crippen molar-refractivity contribution in [2.75, 3.05) is 19.6 Å². The van der Waals surface area contributed by atoms with Crippen molar-refractivity contribution in [3.05, 3.63) is 96.1 Å². The minimum absolute atomic E-state index is 0.0541. The van der Waals surface area contributed by atoms with E-state index in [9.17, 15) is 9.59 Å². The molecule has 0 aromatic heterocycles. The molecule has 2 aliphatic rings. The highest BCUT2D eigenvalue weighted by molar-refractivity contribution is 5.95. The van der Waals surface area contributed by atoms with Crippen LogP contribution in [0.5, 0.6) is 0 Å². The Kier molecular flexibility index (Phi) is 5.50. The summed E-state index contributed by atoms with van der Waals surface area (Å²) < 4.78 is 0. The number of carbonyl (C=O) groups is 2. The molecule has 5 heteroatoms.